The zero-order valence-electron chi connectivity index (χ0n) is 23.7. The summed E-state index contributed by atoms with van der Waals surface area (Å²) in [6.45, 7) is 7.16. The highest BCUT2D eigenvalue weighted by Crippen LogP contribution is 2.40. The summed E-state index contributed by atoms with van der Waals surface area (Å²) >= 11 is 0. The van der Waals surface area contributed by atoms with E-state index in [9.17, 15) is 14.7 Å². The number of amides is 1. The first kappa shape index (κ1) is 29.4. The van der Waals surface area contributed by atoms with Gasteiger partial charge in [0.15, 0.2) is 14.9 Å². The van der Waals surface area contributed by atoms with Gasteiger partial charge in [-0.3, -0.25) is 4.79 Å². The number of benzene rings is 3. The van der Waals surface area contributed by atoms with Crippen molar-refractivity contribution in [2.24, 2.45) is 5.73 Å². The minimum Gasteiger partial charge on any atom is -0.481 e. The van der Waals surface area contributed by atoms with Crippen molar-refractivity contribution in [2.75, 3.05) is 6.61 Å². The molecular formula is C32H40N2O5Si. The Labute approximate surface area is 237 Å². The number of rotatable bonds is 15. The number of carboxylic acids is 1. The molecule has 1 amide bonds. The topological polar surface area (TPSA) is 104 Å². The Morgan fingerprint density at radius 3 is 2.12 bits per heavy atom. The fraction of sp³-hybridized carbons (Fsp3) is 0.375. The second-order valence-corrected chi connectivity index (χ2v) is 14.7. The summed E-state index contributed by atoms with van der Waals surface area (Å²) < 4.78 is 14.9. The Morgan fingerprint density at radius 2 is 1.52 bits per heavy atom. The highest BCUT2D eigenvalue weighted by Gasteiger charge is 2.32. The van der Waals surface area contributed by atoms with Gasteiger partial charge >= 0.3 is 5.97 Å². The average Bonchev–Trinajstić information content (AvgIpc) is 3.25. The van der Waals surface area contributed by atoms with E-state index < -0.39 is 26.8 Å². The summed E-state index contributed by atoms with van der Waals surface area (Å²) in [6, 6.07) is 22.9. The molecule has 0 unspecified atom stereocenters. The van der Waals surface area contributed by atoms with Crippen LogP contribution < -0.4 is 10.5 Å². The molecule has 0 aliphatic carbocycles. The Balaban J connectivity index is 1.93. The quantitative estimate of drug-likeness (QED) is 0.151. The molecule has 4 rings (SSSR count). The molecule has 8 heteroatoms. The molecular weight excluding hydrogens is 520 g/mol. The molecule has 4 aromatic rings. The van der Waals surface area contributed by atoms with Crippen LogP contribution in [-0.4, -0.2) is 36.5 Å². The molecule has 7 nitrogen and oxygen atoms in total. The zero-order chi connectivity index (χ0) is 28.7. The van der Waals surface area contributed by atoms with Gasteiger partial charge in [-0.15, -0.1) is 0 Å². The van der Waals surface area contributed by atoms with Crippen LogP contribution in [0.25, 0.3) is 21.8 Å². The van der Waals surface area contributed by atoms with Gasteiger partial charge in [0.25, 0.3) is 0 Å². The van der Waals surface area contributed by atoms with E-state index in [4.69, 9.17) is 14.9 Å². The van der Waals surface area contributed by atoms with Crippen molar-refractivity contribution in [3.63, 3.8) is 0 Å². The Kier molecular flexibility index (Phi) is 9.66. The molecule has 0 radical (unpaired) electrons. The van der Waals surface area contributed by atoms with Gasteiger partial charge in [0.2, 0.25) is 5.91 Å². The smallest absolute Gasteiger partial charge is 0.341 e. The molecule has 3 aromatic carbocycles. The molecule has 1 heterocycles. The van der Waals surface area contributed by atoms with Crippen LogP contribution in [0.1, 0.15) is 61.5 Å². The van der Waals surface area contributed by atoms with E-state index in [1.807, 2.05) is 36.4 Å². The minimum absolute atomic E-state index is 0.374. The number of primary amides is 1. The SMILES string of the molecule is CCC[Si](CCC)(CCC)OCc1cc(OCC(=O)O)c2c3c(C(N)=O)cccc3n(Cc3ccccc3)c2c1. The maximum absolute atomic E-state index is 12.5. The van der Waals surface area contributed by atoms with Crippen molar-refractivity contribution in [1.82, 2.24) is 4.57 Å². The number of aromatic nitrogens is 1. The van der Waals surface area contributed by atoms with Crippen LogP contribution in [0.4, 0.5) is 0 Å². The predicted molar refractivity (Wildman–Crippen MR) is 162 cm³/mol. The molecule has 0 bridgehead atoms. The van der Waals surface area contributed by atoms with Crippen LogP contribution in [0, 0.1) is 0 Å². The molecule has 0 aliphatic heterocycles. The van der Waals surface area contributed by atoms with Crippen LogP contribution in [0.5, 0.6) is 5.75 Å². The third-order valence-electron chi connectivity index (χ3n) is 7.48. The fourth-order valence-corrected chi connectivity index (χ4v) is 10.3. The lowest BCUT2D eigenvalue weighted by Crippen LogP contribution is -2.37. The molecule has 0 saturated carbocycles. The normalized spacial score (nSPS) is 11.8. The van der Waals surface area contributed by atoms with Crippen LogP contribution in [-0.2, 0) is 22.4 Å². The summed E-state index contributed by atoms with van der Waals surface area (Å²) in [5.74, 6) is -1.20. The average molecular weight is 561 g/mol. The van der Waals surface area contributed by atoms with Gasteiger partial charge in [0.1, 0.15) is 5.75 Å². The number of hydrogen-bond donors (Lipinski definition) is 2. The second kappa shape index (κ2) is 13.2. The lowest BCUT2D eigenvalue weighted by Gasteiger charge is -2.31. The van der Waals surface area contributed by atoms with Crippen molar-refractivity contribution >= 4 is 42.0 Å². The molecule has 0 atom stereocenters. The molecule has 0 fully saturated rings. The van der Waals surface area contributed by atoms with Crippen molar-refractivity contribution in [3.05, 3.63) is 77.4 Å². The summed E-state index contributed by atoms with van der Waals surface area (Å²) in [6.07, 6.45) is 3.29. The molecule has 0 spiro atoms. The number of aliphatic carboxylic acids is 1. The minimum atomic E-state index is -1.93. The van der Waals surface area contributed by atoms with Crippen LogP contribution in [0.15, 0.2) is 60.7 Å². The number of nitrogens with two attached hydrogens (primary N) is 1. The van der Waals surface area contributed by atoms with Crippen molar-refractivity contribution in [2.45, 2.75) is 71.3 Å². The maximum Gasteiger partial charge on any atom is 0.341 e. The second-order valence-electron chi connectivity index (χ2n) is 10.5. The van der Waals surface area contributed by atoms with Crippen molar-refractivity contribution in [3.8, 4) is 5.75 Å². The van der Waals surface area contributed by atoms with E-state index in [1.165, 1.54) is 0 Å². The van der Waals surface area contributed by atoms with E-state index in [1.54, 1.807) is 6.07 Å². The van der Waals surface area contributed by atoms with Crippen LogP contribution >= 0.6 is 0 Å². The Morgan fingerprint density at radius 1 is 0.850 bits per heavy atom. The van der Waals surface area contributed by atoms with Crippen LogP contribution in [0.2, 0.25) is 18.1 Å². The summed E-state index contributed by atoms with van der Waals surface area (Å²) in [7, 11) is -1.93. The van der Waals surface area contributed by atoms with Gasteiger partial charge in [-0.1, -0.05) is 76.4 Å². The number of nitrogens with zero attached hydrogens (tertiary/aromatic N) is 1. The zero-order valence-corrected chi connectivity index (χ0v) is 24.7. The van der Waals surface area contributed by atoms with Gasteiger partial charge < -0.3 is 24.6 Å². The fourth-order valence-electron chi connectivity index (χ4n) is 5.95. The lowest BCUT2D eigenvalue weighted by atomic mass is 10.0. The number of carboxylic acid groups (broad SMARTS) is 1. The van der Waals surface area contributed by atoms with Gasteiger partial charge in [0, 0.05) is 17.5 Å². The van der Waals surface area contributed by atoms with Gasteiger partial charge in [-0.05, 0) is 53.5 Å². The van der Waals surface area contributed by atoms with E-state index >= 15 is 0 Å². The van der Waals surface area contributed by atoms with Gasteiger partial charge in [-0.2, -0.15) is 0 Å². The number of hydrogen-bond acceptors (Lipinski definition) is 4. The first-order valence-corrected chi connectivity index (χ1v) is 16.8. The molecule has 40 heavy (non-hydrogen) atoms. The van der Waals surface area contributed by atoms with Crippen LogP contribution in [0.3, 0.4) is 0 Å². The first-order valence-electron chi connectivity index (χ1n) is 14.2. The largest absolute Gasteiger partial charge is 0.481 e. The molecule has 0 saturated heterocycles. The third kappa shape index (κ3) is 6.40. The monoisotopic (exact) mass is 560 g/mol. The standard InChI is InChI=1S/C32H40N2O5Si/c1-4-15-40(16-5-2,17-6-3)39-21-24-18-27-31(28(19-24)38-22-29(35)36)30-25(32(33)37)13-10-14-26(30)34(27)20-23-11-8-7-9-12-23/h7-14,18-19H,4-6,15-17,20-22H2,1-3H3,(H2,33,37)(H,35,36). The number of carbonyl (C=O) groups is 2. The highest BCUT2D eigenvalue weighted by molar-refractivity contribution is 6.73. The third-order valence-corrected chi connectivity index (χ3v) is 12.5. The van der Waals surface area contributed by atoms with Gasteiger partial charge in [0.05, 0.1) is 23.0 Å². The first-order chi connectivity index (χ1) is 19.3. The Bertz CT molecular complexity index is 1460. The van der Waals surface area contributed by atoms with E-state index in [0.29, 0.717) is 35.2 Å². The Hall–Kier alpha value is -3.62. The number of carbonyl (C=O) groups excluding carboxylic acids is 1. The molecule has 0 aliphatic rings. The van der Waals surface area contributed by atoms with Crippen molar-refractivity contribution < 1.29 is 23.9 Å². The molecule has 3 N–H and O–H groups in total. The van der Waals surface area contributed by atoms with E-state index in [2.05, 4.69) is 43.5 Å². The lowest BCUT2D eigenvalue weighted by molar-refractivity contribution is -0.139. The predicted octanol–water partition coefficient (Wildman–Crippen LogP) is 7.10. The molecule has 1 aromatic heterocycles. The summed E-state index contributed by atoms with van der Waals surface area (Å²) in [5.41, 5.74) is 9.89. The van der Waals surface area contributed by atoms with E-state index in [0.717, 1.165) is 59.6 Å². The number of ether oxygens (including phenoxy) is 1. The summed E-state index contributed by atoms with van der Waals surface area (Å²) in [4.78, 5) is 24.1. The molecule has 212 valence electrons. The summed E-state index contributed by atoms with van der Waals surface area (Å²) in [5, 5.41) is 10.8. The van der Waals surface area contributed by atoms with E-state index in [-0.39, 0.29) is 0 Å². The highest BCUT2D eigenvalue weighted by atomic mass is 28.4. The maximum atomic E-state index is 12.5. The van der Waals surface area contributed by atoms with Gasteiger partial charge in [-0.25, -0.2) is 4.79 Å². The van der Waals surface area contributed by atoms with Crippen molar-refractivity contribution in [1.29, 1.82) is 0 Å². The number of fused-ring (bicyclic) bond motifs is 3.